The first-order valence-electron chi connectivity index (χ1n) is 12.4. The van der Waals surface area contributed by atoms with Crippen molar-refractivity contribution in [2.24, 2.45) is 7.05 Å². The molecule has 1 amide bonds. The molecule has 0 radical (unpaired) electrons. The monoisotopic (exact) mass is 484 g/mol. The number of pyridine rings is 1. The van der Waals surface area contributed by atoms with Crippen LogP contribution < -0.4 is 4.74 Å². The zero-order chi connectivity index (χ0) is 25.4. The van der Waals surface area contributed by atoms with Crippen LogP contribution in [-0.4, -0.2) is 48.3 Å². The van der Waals surface area contributed by atoms with E-state index in [0.29, 0.717) is 26.2 Å². The first kappa shape index (κ1) is 23.8. The molecule has 0 atom stereocenters. The molecule has 8 nitrogen and oxygen atoms in total. The summed E-state index contributed by atoms with van der Waals surface area (Å²) in [5.74, 6) is 1.79. The minimum Gasteiger partial charge on any atom is -0.493 e. The van der Waals surface area contributed by atoms with E-state index >= 15 is 0 Å². The molecule has 36 heavy (non-hydrogen) atoms. The van der Waals surface area contributed by atoms with Crippen molar-refractivity contribution in [1.82, 2.24) is 29.2 Å². The van der Waals surface area contributed by atoms with Crippen molar-refractivity contribution >= 4 is 5.91 Å². The van der Waals surface area contributed by atoms with Crippen LogP contribution in [0.5, 0.6) is 5.75 Å². The summed E-state index contributed by atoms with van der Waals surface area (Å²) in [5.41, 5.74) is 7.85. The minimum absolute atomic E-state index is 0.0311. The Hall–Kier alpha value is -3.94. The molecular weight excluding hydrogens is 452 g/mol. The number of ether oxygens (including phenoxy) is 1. The maximum atomic E-state index is 13.8. The summed E-state index contributed by atoms with van der Waals surface area (Å²) < 4.78 is 9.67. The highest BCUT2D eigenvalue weighted by molar-refractivity contribution is 5.99. The Kier molecular flexibility index (Phi) is 6.35. The smallest absolute Gasteiger partial charge is 0.254 e. The van der Waals surface area contributed by atoms with Crippen molar-refractivity contribution in [2.75, 3.05) is 13.2 Å². The number of rotatable bonds is 7. The molecule has 4 aromatic rings. The van der Waals surface area contributed by atoms with Gasteiger partial charge in [0.1, 0.15) is 11.6 Å². The van der Waals surface area contributed by atoms with Crippen LogP contribution in [0, 0.1) is 20.8 Å². The van der Waals surface area contributed by atoms with E-state index in [1.165, 1.54) is 0 Å². The lowest BCUT2D eigenvalue weighted by molar-refractivity contribution is 0.0724. The molecule has 0 bridgehead atoms. The number of carbonyl (C=O) groups is 1. The lowest BCUT2D eigenvalue weighted by atomic mass is 9.88. The Balaban J connectivity index is 1.53. The number of imidazole rings is 1. The maximum Gasteiger partial charge on any atom is 0.254 e. The lowest BCUT2D eigenvalue weighted by Gasteiger charge is -2.30. The SMILES string of the molecule is CCOc1cc(CN2CCc3c(cc(Cn4ccnc4C)cc3-c3cn(C)nc3C)C2=O)ncc1C. The standard InChI is InChI=1S/C28H32N6O2/c1-6-36-27-13-22(30-14-18(27)2)16-34-9-7-23-24(26-17-32(5)31-19(26)3)11-21(12-25(23)28(34)35)15-33-10-8-29-20(33)4/h8,10-14,17H,6-7,9,15-16H2,1-5H3. The van der Waals surface area contributed by atoms with Gasteiger partial charge in [-0.2, -0.15) is 5.10 Å². The number of nitrogens with zero attached hydrogens (tertiary/aromatic N) is 6. The van der Waals surface area contributed by atoms with E-state index in [4.69, 9.17) is 4.74 Å². The fraction of sp³-hybridized carbons (Fsp3) is 0.357. The zero-order valence-corrected chi connectivity index (χ0v) is 21.6. The molecule has 186 valence electrons. The fourth-order valence-electron chi connectivity index (χ4n) is 4.96. The molecule has 0 fully saturated rings. The summed E-state index contributed by atoms with van der Waals surface area (Å²) in [6, 6.07) is 6.21. The number of hydrogen-bond acceptors (Lipinski definition) is 5. The highest BCUT2D eigenvalue weighted by Gasteiger charge is 2.29. The number of aromatic nitrogens is 5. The van der Waals surface area contributed by atoms with Gasteiger partial charge in [-0.25, -0.2) is 4.98 Å². The summed E-state index contributed by atoms with van der Waals surface area (Å²) in [6.07, 6.45) is 8.41. The molecule has 5 rings (SSSR count). The van der Waals surface area contributed by atoms with Crippen molar-refractivity contribution < 1.29 is 9.53 Å². The number of benzene rings is 1. The van der Waals surface area contributed by atoms with E-state index in [1.807, 2.05) is 75.0 Å². The first-order valence-corrected chi connectivity index (χ1v) is 12.4. The third-order valence-corrected chi connectivity index (χ3v) is 6.80. The van der Waals surface area contributed by atoms with Crippen LogP contribution in [0.15, 0.2) is 43.0 Å². The van der Waals surface area contributed by atoms with Crippen LogP contribution in [0.1, 0.15) is 51.2 Å². The molecule has 1 aliphatic rings. The average Bonchev–Trinajstić information content (AvgIpc) is 3.41. The topological polar surface area (TPSA) is 78.1 Å². The molecule has 1 aromatic carbocycles. The molecule has 1 aliphatic heterocycles. The Labute approximate surface area is 211 Å². The highest BCUT2D eigenvalue weighted by atomic mass is 16.5. The largest absolute Gasteiger partial charge is 0.493 e. The fourth-order valence-corrected chi connectivity index (χ4v) is 4.96. The maximum absolute atomic E-state index is 13.8. The quantitative estimate of drug-likeness (QED) is 0.392. The van der Waals surface area contributed by atoms with Crippen molar-refractivity contribution in [3.8, 4) is 16.9 Å². The van der Waals surface area contributed by atoms with Crippen LogP contribution in [-0.2, 0) is 26.6 Å². The van der Waals surface area contributed by atoms with Gasteiger partial charge in [-0.3, -0.25) is 14.5 Å². The summed E-state index contributed by atoms with van der Waals surface area (Å²) >= 11 is 0. The van der Waals surface area contributed by atoms with E-state index in [2.05, 4.69) is 25.7 Å². The van der Waals surface area contributed by atoms with Gasteiger partial charge in [-0.05, 0) is 62.9 Å². The Bertz CT molecular complexity index is 1430. The van der Waals surface area contributed by atoms with Gasteiger partial charge in [0, 0.05) is 67.7 Å². The van der Waals surface area contributed by atoms with Crippen molar-refractivity contribution in [2.45, 2.75) is 47.2 Å². The second-order valence-electron chi connectivity index (χ2n) is 9.42. The summed E-state index contributed by atoms with van der Waals surface area (Å²) in [6.45, 7) is 10.3. The molecule has 0 spiro atoms. The average molecular weight is 485 g/mol. The number of amides is 1. The van der Waals surface area contributed by atoms with Crippen molar-refractivity contribution in [1.29, 1.82) is 0 Å². The predicted molar refractivity (Wildman–Crippen MR) is 138 cm³/mol. The summed E-state index contributed by atoms with van der Waals surface area (Å²) in [7, 11) is 1.93. The molecule has 3 aromatic heterocycles. The Morgan fingerprint density at radius 1 is 1.03 bits per heavy atom. The number of aryl methyl sites for hydroxylation is 4. The van der Waals surface area contributed by atoms with E-state index in [0.717, 1.165) is 62.8 Å². The Morgan fingerprint density at radius 3 is 2.53 bits per heavy atom. The van der Waals surface area contributed by atoms with Crippen LogP contribution in [0.25, 0.3) is 11.1 Å². The second kappa shape index (κ2) is 9.60. The predicted octanol–water partition coefficient (Wildman–Crippen LogP) is 4.25. The van der Waals surface area contributed by atoms with Crippen LogP contribution >= 0.6 is 0 Å². The molecule has 0 saturated heterocycles. The van der Waals surface area contributed by atoms with Crippen molar-refractivity contribution in [3.05, 3.63) is 82.5 Å². The van der Waals surface area contributed by atoms with E-state index in [-0.39, 0.29) is 5.91 Å². The molecule has 0 N–H and O–H groups in total. The van der Waals surface area contributed by atoms with Crippen LogP contribution in [0.2, 0.25) is 0 Å². The lowest BCUT2D eigenvalue weighted by Crippen LogP contribution is -2.37. The van der Waals surface area contributed by atoms with Gasteiger partial charge in [0.25, 0.3) is 5.91 Å². The molecule has 0 saturated carbocycles. The van der Waals surface area contributed by atoms with Crippen LogP contribution in [0.4, 0.5) is 0 Å². The Morgan fingerprint density at radius 2 is 1.83 bits per heavy atom. The number of fused-ring (bicyclic) bond motifs is 1. The van der Waals surface area contributed by atoms with Crippen LogP contribution in [0.3, 0.4) is 0 Å². The van der Waals surface area contributed by atoms with Gasteiger partial charge in [0.15, 0.2) is 0 Å². The zero-order valence-electron chi connectivity index (χ0n) is 21.6. The van der Waals surface area contributed by atoms with E-state index < -0.39 is 0 Å². The normalized spacial score (nSPS) is 13.2. The number of hydrogen-bond donors (Lipinski definition) is 0. The first-order chi connectivity index (χ1) is 17.3. The highest BCUT2D eigenvalue weighted by Crippen LogP contribution is 2.34. The van der Waals surface area contributed by atoms with Gasteiger partial charge in [-0.15, -0.1) is 0 Å². The van der Waals surface area contributed by atoms with E-state index in [1.54, 1.807) is 6.20 Å². The second-order valence-corrected chi connectivity index (χ2v) is 9.42. The van der Waals surface area contributed by atoms with Gasteiger partial charge in [0.05, 0.1) is 24.5 Å². The van der Waals surface area contributed by atoms with E-state index in [9.17, 15) is 4.79 Å². The number of carbonyl (C=O) groups excluding carboxylic acids is 1. The third kappa shape index (κ3) is 4.51. The molecule has 4 heterocycles. The molecule has 0 aliphatic carbocycles. The minimum atomic E-state index is 0.0311. The van der Waals surface area contributed by atoms with Gasteiger partial charge < -0.3 is 14.2 Å². The molecular formula is C28H32N6O2. The van der Waals surface area contributed by atoms with Gasteiger partial charge in [0.2, 0.25) is 0 Å². The van der Waals surface area contributed by atoms with Gasteiger partial charge >= 0.3 is 0 Å². The summed E-state index contributed by atoms with van der Waals surface area (Å²) in [4.78, 5) is 24.6. The third-order valence-electron chi connectivity index (χ3n) is 6.80. The summed E-state index contributed by atoms with van der Waals surface area (Å²) in [5, 5.41) is 4.56. The van der Waals surface area contributed by atoms with Crippen molar-refractivity contribution in [3.63, 3.8) is 0 Å². The van der Waals surface area contributed by atoms with Gasteiger partial charge in [-0.1, -0.05) is 0 Å². The molecule has 0 unspecified atom stereocenters. The molecule has 8 heteroatoms.